The Balaban J connectivity index is 1.71. The van der Waals surface area contributed by atoms with Crippen molar-refractivity contribution >= 4 is 5.97 Å². The number of carbonyl (C=O) groups excluding carboxylic acids is 1. The van der Waals surface area contributed by atoms with Crippen molar-refractivity contribution in [2.45, 2.75) is 13.0 Å². The van der Waals surface area contributed by atoms with Crippen LogP contribution in [0.25, 0.3) is 11.5 Å². The van der Waals surface area contributed by atoms with E-state index in [1.165, 1.54) is 24.3 Å². The van der Waals surface area contributed by atoms with Crippen LogP contribution in [0.15, 0.2) is 59.0 Å². The Hall–Kier alpha value is -3.02. The lowest BCUT2D eigenvalue weighted by atomic mass is 10.2. The van der Waals surface area contributed by atoms with E-state index in [9.17, 15) is 9.18 Å². The van der Waals surface area contributed by atoms with Crippen molar-refractivity contribution in [3.8, 4) is 11.5 Å². The lowest BCUT2D eigenvalue weighted by molar-refractivity contribution is 0.0280. The summed E-state index contributed by atoms with van der Waals surface area (Å²) in [5.41, 5.74) is 1.03. The lowest BCUT2D eigenvalue weighted by Gasteiger charge is -2.09. The van der Waals surface area contributed by atoms with Gasteiger partial charge in [0.1, 0.15) is 5.82 Å². The molecule has 116 valence electrons. The third-order valence-corrected chi connectivity index (χ3v) is 3.17. The Morgan fingerprint density at radius 3 is 2.48 bits per heavy atom. The van der Waals surface area contributed by atoms with Crippen LogP contribution in [0.1, 0.15) is 29.3 Å². The molecule has 5 nitrogen and oxygen atoms in total. The Morgan fingerprint density at radius 2 is 1.78 bits per heavy atom. The summed E-state index contributed by atoms with van der Waals surface area (Å²) in [5, 5.41) is 7.84. The minimum Gasteiger partial charge on any atom is -0.449 e. The molecule has 3 rings (SSSR count). The van der Waals surface area contributed by atoms with Gasteiger partial charge in [0.15, 0.2) is 6.10 Å². The first kappa shape index (κ1) is 14.9. The zero-order chi connectivity index (χ0) is 16.2. The van der Waals surface area contributed by atoms with Gasteiger partial charge in [-0.1, -0.05) is 18.2 Å². The molecule has 0 aliphatic rings. The Bertz CT molecular complexity index is 800. The lowest BCUT2D eigenvalue weighted by Crippen LogP contribution is -2.09. The second-order valence-electron chi connectivity index (χ2n) is 4.87. The molecule has 1 aromatic heterocycles. The smallest absolute Gasteiger partial charge is 0.338 e. The van der Waals surface area contributed by atoms with Crippen LogP contribution in [0.4, 0.5) is 4.39 Å². The number of hydrogen-bond donors (Lipinski definition) is 0. The maximum absolute atomic E-state index is 12.9. The molecule has 0 aliphatic heterocycles. The summed E-state index contributed by atoms with van der Waals surface area (Å²) < 4.78 is 23.6. The molecule has 0 radical (unpaired) electrons. The summed E-state index contributed by atoms with van der Waals surface area (Å²) >= 11 is 0. The maximum atomic E-state index is 12.9. The Morgan fingerprint density at radius 1 is 1.09 bits per heavy atom. The van der Waals surface area contributed by atoms with E-state index in [1.54, 1.807) is 6.92 Å². The molecule has 0 bridgehead atoms. The van der Waals surface area contributed by atoms with Crippen LogP contribution in [0.2, 0.25) is 0 Å². The number of hydrogen-bond acceptors (Lipinski definition) is 5. The standard InChI is InChI=1S/C17H13FN2O3/c1-11(22-17(21)13-7-9-14(18)10-8-13)15-19-20-16(23-15)12-5-3-2-4-6-12/h2-11H,1H3/t11-/m1/s1. The van der Waals surface area contributed by atoms with Gasteiger partial charge in [0.2, 0.25) is 5.89 Å². The number of nitrogens with zero attached hydrogens (tertiary/aromatic N) is 2. The highest BCUT2D eigenvalue weighted by Crippen LogP contribution is 2.22. The average molecular weight is 312 g/mol. The number of aromatic nitrogens is 2. The number of rotatable bonds is 4. The second-order valence-corrected chi connectivity index (χ2v) is 4.87. The number of halogens is 1. The van der Waals surface area contributed by atoms with Crippen LogP contribution in [-0.2, 0) is 4.74 Å². The minimum atomic E-state index is -0.711. The summed E-state index contributed by atoms with van der Waals surface area (Å²) in [6, 6.07) is 14.4. The van der Waals surface area contributed by atoms with Gasteiger partial charge in [-0.15, -0.1) is 10.2 Å². The highest BCUT2D eigenvalue weighted by atomic mass is 19.1. The van der Waals surface area contributed by atoms with Gasteiger partial charge in [-0.2, -0.15) is 0 Å². The van der Waals surface area contributed by atoms with Gasteiger partial charge >= 0.3 is 5.97 Å². The molecule has 6 heteroatoms. The highest BCUT2D eigenvalue weighted by molar-refractivity contribution is 5.89. The molecular weight excluding hydrogens is 299 g/mol. The van der Waals surface area contributed by atoms with E-state index >= 15 is 0 Å². The summed E-state index contributed by atoms with van der Waals surface area (Å²) in [7, 11) is 0. The van der Waals surface area contributed by atoms with E-state index in [-0.39, 0.29) is 11.5 Å². The van der Waals surface area contributed by atoms with Crippen molar-refractivity contribution in [3.05, 3.63) is 71.9 Å². The van der Waals surface area contributed by atoms with Crippen LogP contribution in [0, 0.1) is 5.82 Å². The molecular formula is C17H13FN2O3. The van der Waals surface area contributed by atoms with Crippen molar-refractivity contribution in [2.75, 3.05) is 0 Å². The Labute approximate surface area is 131 Å². The van der Waals surface area contributed by atoms with Gasteiger partial charge in [0.25, 0.3) is 5.89 Å². The molecule has 1 heterocycles. The molecule has 0 aliphatic carbocycles. The molecule has 0 unspecified atom stereocenters. The van der Waals surface area contributed by atoms with E-state index < -0.39 is 17.9 Å². The number of esters is 1. The third kappa shape index (κ3) is 3.42. The fourth-order valence-electron chi connectivity index (χ4n) is 1.96. The predicted octanol–water partition coefficient (Wildman–Crippen LogP) is 3.79. The van der Waals surface area contributed by atoms with E-state index in [0.717, 1.165) is 5.56 Å². The second kappa shape index (κ2) is 6.39. The molecule has 3 aromatic rings. The van der Waals surface area contributed by atoms with Gasteiger partial charge < -0.3 is 9.15 Å². The molecule has 23 heavy (non-hydrogen) atoms. The molecule has 0 saturated heterocycles. The largest absolute Gasteiger partial charge is 0.449 e. The van der Waals surface area contributed by atoms with Gasteiger partial charge in [-0.3, -0.25) is 0 Å². The van der Waals surface area contributed by atoms with Gasteiger partial charge in [0, 0.05) is 5.56 Å². The summed E-state index contributed by atoms with van der Waals surface area (Å²) in [6.45, 7) is 1.63. The van der Waals surface area contributed by atoms with Crippen molar-refractivity contribution in [2.24, 2.45) is 0 Å². The number of ether oxygens (including phenoxy) is 1. The van der Waals surface area contributed by atoms with Gasteiger partial charge in [-0.05, 0) is 43.3 Å². The molecule has 1 atom stereocenters. The third-order valence-electron chi connectivity index (χ3n) is 3.17. The monoisotopic (exact) mass is 312 g/mol. The summed E-state index contributed by atoms with van der Waals surface area (Å²) in [4.78, 5) is 12.0. The quantitative estimate of drug-likeness (QED) is 0.686. The first-order valence-electron chi connectivity index (χ1n) is 6.99. The topological polar surface area (TPSA) is 65.2 Å². The van der Waals surface area contributed by atoms with Gasteiger partial charge in [-0.25, -0.2) is 9.18 Å². The van der Waals surface area contributed by atoms with Crippen LogP contribution >= 0.6 is 0 Å². The zero-order valence-corrected chi connectivity index (χ0v) is 12.3. The maximum Gasteiger partial charge on any atom is 0.338 e. The first-order chi connectivity index (χ1) is 11.1. The molecule has 2 aromatic carbocycles. The first-order valence-corrected chi connectivity index (χ1v) is 6.99. The molecule has 0 amide bonds. The fraction of sp³-hybridized carbons (Fsp3) is 0.118. The van der Waals surface area contributed by atoms with Crippen LogP contribution < -0.4 is 0 Å². The molecule has 0 N–H and O–H groups in total. The van der Waals surface area contributed by atoms with Crippen LogP contribution in [0.5, 0.6) is 0 Å². The van der Waals surface area contributed by atoms with Crippen molar-refractivity contribution in [3.63, 3.8) is 0 Å². The highest BCUT2D eigenvalue weighted by Gasteiger charge is 2.19. The van der Waals surface area contributed by atoms with E-state index in [2.05, 4.69) is 10.2 Å². The predicted molar refractivity (Wildman–Crippen MR) is 80.0 cm³/mol. The van der Waals surface area contributed by atoms with Gasteiger partial charge in [0.05, 0.1) is 5.56 Å². The van der Waals surface area contributed by atoms with Crippen LogP contribution in [-0.4, -0.2) is 16.2 Å². The van der Waals surface area contributed by atoms with E-state index in [0.29, 0.717) is 5.89 Å². The minimum absolute atomic E-state index is 0.194. The van der Waals surface area contributed by atoms with Crippen LogP contribution in [0.3, 0.4) is 0 Å². The van der Waals surface area contributed by atoms with Crippen molar-refractivity contribution in [1.82, 2.24) is 10.2 Å². The molecule has 0 fully saturated rings. The SMILES string of the molecule is C[C@@H](OC(=O)c1ccc(F)cc1)c1nnc(-c2ccccc2)o1. The van der Waals surface area contributed by atoms with E-state index in [4.69, 9.17) is 9.15 Å². The normalized spacial score (nSPS) is 11.9. The molecule has 0 spiro atoms. The Kier molecular flexibility index (Phi) is 4.14. The number of benzene rings is 2. The van der Waals surface area contributed by atoms with Crippen molar-refractivity contribution < 1.29 is 18.3 Å². The van der Waals surface area contributed by atoms with Crippen molar-refractivity contribution in [1.29, 1.82) is 0 Å². The number of carbonyl (C=O) groups is 1. The fourth-order valence-corrected chi connectivity index (χ4v) is 1.96. The van der Waals surface area contributed by atoms with E-state index in [1.807, 2.05) is 30.3 Å². The average Bonchev–Trinajstić information content (AvgIpc) is 3.06. The summed E-state index contributed by atoms with van der Waals surface area (Å²) in [5.74, 6) is -0.458. The molecule has 0 saturated carbocycles. The zero-order valence-electron chi connectivity index (χ0n) is 12.3. The summed E-state index contributed by atoms with van der Waals surface area (Å²) in [6.07, 6.45) is -0.711.